The zero-order valence-corrected chi connectivity index (χ0v) is 8.02. The van der Waals surface area contributed by atoms with E-state index in [1.807, 2.05) is 13.0 Å². The smallest absolute Gasteiger partial charge is 0.139 e. The third-order valence-electron chi connectivity index (χ3n) is 1.72. The highest BCUT2D eigenvalue weighted by atomic mass is 19.1. The van der Waals surface area contributed by atoms with Gasteiger partial charge in [-0.1, -0.05) is 24.8 Å². The number of unbranched alkanes of at least 4 members (excludes halogenated alkanes) is 1. The minimum absolute atomic E-state index is 0.219. The summed E-state index contributed by atoms with van der Waals surface area (Å²) in [5.74, 6) is 5.52. The van der Waals surface area contributed by atoms with E-state index in [1.54, 1.807) is 6.07 Å². The molecule has 0 aromatic heterocycles. The zero-order valence-electron chi connectivity index (χ0n) is 8.02. The topological polar surface area (TPSA) is 0 Å². The molecule has 0 aliphatic heterocycles. The van der Waals surface area contributed by atoms with Gasteiger partial charge in [0.1, 0.15) is 5.82 Å². The van der Waals surface area contributed by atoms with E-state index < -0.39 is 0 Å². The van der Waals surface area contributed by atoms with Crippen molar-refractivity contribution in [2.75, 3.05) is 0 Å². The van der Waals surface area contributed by atoms with Crippen LogP contribution in [-0.4, -0.2) is 0 Å². The Morgan fingerprint density at radius 3 is 2.77 bits per heavy atom. The van der Waals surface area contributed by atoms with Crippen LogP contribution >= 0.6 is 0 Å². The molecule has 0 saturated carbocycles. The molecule has 0 fully saturated rings. The predicted octanol–water partition coefficient (Wildman–Crippen LogP) is 3.29. The van der Waals surface area contributed by atoms with Crippen LogP contribution in [0.1, 0.15) is 30.9 Å². The van der Waals surface area contributed by atoms with Crippen LogP contribution in [0.5, 0.6) is 0 Å². The van der Waals surface area contributed by atoms with Crippen molar-refractivity contribution >= 4 is 0 Å². The lowest BCUT2D eigenvalue weighted by Crippen LogP contribution is -1.84. The van der Waals surface area contributed by atoms with E-state index in [-0.39, 0.29) is 5.82 Å². The van der Waals surface area contributed by atoms with Gasteiger partial charge in [0, 0.05) is 6.42 Å². The summed E-state index contributed by atoms with van der Waals surface area (Å²) in [6, 6.07) is 5.11. The van der Waals surface area contributed by atoms with Crippen LogP contribution in [-0.2, 0) is 0 Å². The molecule has 68 valence electrons. The molecule has 0 saturated heterocycles. The van der Waals surface area contributed by atoms with Crippen molar-refractivity contribution in [2.45, 2.75) is 26.7 Å². The maximum Gasteiger partial charge on any atom is 0.139 e. The lowest BCUT2D eigenvalue weighted by molar-refractivity contribution is 0.623. The van der Waals surface area contributed by atoms with Gasteiger partial charge < -0.3 is 0 Å². The van der Waals surface area contributed by atoms with E-state index in [2.05, 4.69) is 18.8 Å². The predicted molar refractivity (Wildman–Crippen MR) is 52.9 cm³/mol. The zero-order chi connectivity index (χ0) is 9.68. The summed E-state index contributed by atoms with van der Waals surface area (Å²) in [4.78, 5) is 0. The molecule has 0 N–H and O–H groups in total. The summed E-state index contributed by atoms with van der Waals surface area (Å²) in [5, 5.41) is 0. The number of rotatable bonds is 1. The van der Waals surface area contributed by atoms with Crippen molar-refractivity contribution in [1.29, 1.82) is 0 Å². The molecule has 1 heteroatoms. The van der Waals surface area contributed by atoms with E-state index >= 15 is 0 Å². The van der Waals surface area contributed by atoms with Crippen LogP contribution < -0.4 is 0 Å². The van der Waals surface area contributed by atoms with Crippen LogP contribution in [0.2, 0.25) is 0 Å². The molecule has 0 atom stereocenters. The average molecular weight is 176 g/mol. The van der Waals surface area contributed by atoms with Gasteiger partial charge in [0.25, 0.3) is 0 Å². The van der Waals surface area contributed by atoms with Crippen LogP contribution in [0.25, 0.3) is 0 Å². The Morgan fingerprint density at radius 1 is 1.38 bits per heavy atom. The highest BCUT2D eigenvalue weighted by Gasteiger charge is 1.97. The molecule has 0 aliphatic rings. The molecule has 0 unspecified atom stereocenters. The molecule has 0 bridgehead atoms. The molecule has 1 rings (SSSR count). The first kappa shape index (κ1) is 9.80. The van der Waals surface area contributed by atoms with Crippen molar-refractivity contribution in [3.63, 3.8) is 0 Å². The summed E-state index contributed by atoms with van der Waals surface area (Å²) < 4.78 is 13.2. The van der Waals surface area contributed by atoms with Gasteiger partial charge in [-0.05, 0) is 31.0 Å². The first-order valence-corrected chi connectivity index (χ1v) is 4.49. The number of benzene rings is 1. The van der Waals surface area contributed by atoms with E-state index in [1.165, 1.54) is 6.07 Å². The fourth-order valence-corrected chi connectivity index (χ4v) is 1.00. The second-order valence-corrected chi connectivity index (χ2v) is 3.04. The van der Waals surface area contributed by atoms with Crippen LogP contribution in [0, 0.1) is 24.6 Å². The molecular weight excluding hydrogens is 163 g/mol. The number of halogens is 1. The second-order valence-electron chi connectivity index (χ2n) is 3.04. The molecule has 1 aromatic carbocycles. The van der Waals surface area contributed by atoms with Gasteiger partial charge in [0.15, 0.2) is 0 Å². The quantitative estimate of drug-likeness (QED) is 0.576. The number of hydrogen-bond acceptors (Lipinski definition) is 0. The van der Waals surface area contributed by atoms with E-state index in [4.69, 9.17) is 0 Å². The molecule has 13 heavy (non-hydrogen) atoms. The summed E-state index contributed by atoms with van der Waals surface area (Å²) in [6.45, 7) is 3.92. The third-order valence-corrected chi connectivity index (χ3v) is 1.72. The fourth-order valence-electron chi connectivity index (χ4n) is 1.00. The van der Waals surface area contributed by atoms with Gasteiger partial charge in [0.2, 0.25) is 0 Å². The van der Waals surface area contributed by atoms with E-state index in [9.17, 15) is 4.39 Å². The minimum Gasteiger partial charge on any atom is -0.206 e. The standard InChI is InChI=1S/C12H13F/c1-3-4-5-6-11-8-7-10(2)9-12(11)13/h7-9H,3-4H2,1-2H3. The summed E-state index contributed by atoms with van der Waals surface area (Å²) in [5.41, 5.74) is 1.43. The van der Waals surface area contributed by atoms with Crippen molar-refractivity contribution in [3.8, 4) is 11.8 Å². The Kier molecular flexibility index (Phi) is 3.52. The summed E-state index contributed by atoms with van der Waals surface area (Å²) in [6.07, 6.45) is 1.84. The molecule has 0 spiro atoms. The van der Waals surface area contributed by atoms with Gasteiger partial charge >= 0.3 is 0 Å². The fraction of sp³-hybridized carbons (Fsp3) is 0.333. The minimum atomic E-state index is -0.219. The number of hydrogen-bond donors (Lipinski definition) is 0. The van der Waals surface area contributed by atoms with Gasteiger partial charge in [-0.3, -0.25) is 0 Å². The Morgan fingerprint density at radius 2 is 2.15 bits per heavy atom. The number of aryl methyl sites for hydroxylation is 1. The Hall–Kier alpha value is -1.29. The Labute approximate surface area is 78.8 Å². The maximum absolute atomic E-state index is 13.2. The molecule has 1 aromatic rings. The third kappa shape index (κ3) is 2.91. The maximum atomic E-state index is 13.2. The molecular formula is C12H13F. The molecule has 0 aliphatic carbocycles. The SMILES string of the molecule is CCCC#Cc1ccc(C)cc1F. The van der Waals surface area contributed by atoms with Gasteiger partial charge in [0.05, 0.1) is 5.56 Å². The van der Waals surface area contributed by atoms with Crippen molar-refractivity contribution in [1.82, 2.24) is 0 Å². The first-order valence-electron chi connectivity index (χ1n) is 4.49. The molecule has 0 radical (unpaired) electrons. The Bertz CT molecular complexity index is 342. The van der Waals surface area contributed by atoms with E-state index in [0.29, 0.717) is 5.56 Å². The second kappa shape index (κ2) is 4.67. The van der Waals surface area contributed by atoms with Crippen LogP contribution in [0.3, 0.4) is 0 Å². The van der Waals surface area contributed by atoms with Gasteiger partial charge in [-0.2, -0.15) is 0 Å². The average Bonchev–Trinajstić information content (AvgIpc) is 2.09. The molecule has 0 nitrogen and oxygen atoms in total. The monoisotopic (exact) mass is 176 g/mol. The normalized spacial score (nSPS) is 9.15. The highest BCUT2D eigenvalue weighted by molar-refractivity contribution is 5.37. The van der Waals surface area contributed by atoms with Crippen LogP contribution in [0.4, 0.5) is 4.39 Å². The lowest BCUT2D eigenvalue weighted by Gasteiger charge is -1.95. The van der Waals surface area contributed by atoms with Crippen LogP contribution in [0.15, 0.2) is 18.2 Å². The van der Waals surface area contributed by atoms with Gasteiger partial charge in [-0.25, -0.2) is 4.39 Å². The molecule has 0 heterocycles. The van der Waals surface area contributed by atoms with Crippen molar-refractivity contribution in [3.05, 3.63) is 35.1 Å². The summed E-state index contributed by atoms with van der Waals surface area (Å²) in [7, 11) is 0. The molecule has 0 amide bonds. The Balaban J connectivity index is 2.85. The lowest BCUT2D eigenvalue weighted by atomic mass is 10.1. The summed E-state index contributed by atoms with van der Waals surface area (Å²) >= 11 is 0. The first-order chi connectivity index (χ1) is 6.24. The van der Waals surface area contributed by atoms with E-state index in [0.717, 1.165) is 18.4 Å². The van der Waals surface area contributed by atoms with Crippen molar-refractivity contribution < 1.29 is 4.39 Å². The van der Waals surface area contributed by atoms with Gasteiger partial charge in [-0.15, -0.1) is 0 Å². The highest BCUT2D eigenvalue weighted by Crippen LogP contribution is 2.08. The largest absolute Gasteiger partial charge is 0.206 e. The van der Waals surface area contributed by atoms with Crippen molar-refractivity contribution in [2.24, 2.45) is 0 Å².